The Kier molecular flexibility index (Phi) is 2.63. The number of aromatic nitrogens is 1. The monoisotopic (exact) mass is 197 g/mol. The van der Waals surface area contributed by atoms with E-state index in [4.69, 9.17) is 0 Å². The Balaban J connectivity index is 2.84. The molecule has 0 fully saturated rings. The molecule has 1 heterocycles. The number of hydrogen-bond donors (Lipinski definition) is 0. The molecule has 0 spiro atoms. The molecule has 2 heteroatoms. The highest BCUT2D eigenvalue weighted by molar-refractivity contribution is 9.09. The summed E-state index contributed by atoms with van der Waals surface area (Å²) >= 11 is 3.40. The summed E-state index contributed by atoms with van der Waals surface area (Å²) in [6.45, 7) is 3.65. The van der Waals surface area contributed by atoms with Crippen molar-refractivity contribution in [1.29, 1.82) is 0 Å². The molecule has 52 valence electrons. The molecule has 0 N–H and O–H groups in total. The number of allylic oxidation sites excluding steroid dienone is 1. The smallest absolute Gasteiger partial charge is 0.0745 e. The van der Waals surface area contributed by atoms with Crippen LogP contribution in [0.1, 0.15) is 10.5 Å². The molecular weight excluding hydrogens is 190 g/mol. The highest BCUT2D eigenvalue weighted by Gasteiger charge is 2.00. The van der Waals surface area contributed by atoms with Crippen LogP contribution >= 0.6 is 15.9 Å². The Morgan fingerprint density at radius 3 is 2.90 bits per heavy atom. The molecular formula is C8H8BrN. The molecule has 0 aliphatic carbocycles. The van der Waals surface area contributed by atoms with Gasteiger partial charge < -0.3 is 0 Å². The molecule has 0 aliphatic heterocycles. The van der Waals surface area contributed by atoms with E-state index < -0.39 is 0 Å². The van der Waals surface area contributed by atoms with Gasteiger partial charge in [-0.15, -0.1) is 6.58 Å². The van der Waals surface area contributed by atoms with Crippen molar-refractivity contribution in [2.45, 2.75) is 4.83 Å². The van der Waals surface area contributed by atoms with Gasteiger partial charge >= 0.3 is 0 Å². The number of halogens is 1. The minimum absolute atomic E-state index is 0.175. The predicted octanol–water partition coefficient (Wildman–Crippen LogP) is 2.70. The first kappa shape index (κ1) is 7.48. The second-order valence-electron chi connectivity index (χ2n) is 1.89. The van der Waals surface area contributed by atoms with Crippen LogP contribution in [-0.2, 0) is 0 Å². The summed E-state index contributed by atoms with van der Waals surface area (Å²) in [5.41, 5.74) is 0.998. The van der Waals surface area contributed by atoms with E-state index in [2.05, 4.69) is 27.5 Å². The van der Waals surface area contributed by atoms with E-state index in [1.807, 2.05) is 24.3 Å². The van der Waals surface area contributed by atoms with Gasteiger partial charge in [-0.25, -0.2) is 0 Å². The zero-order valence-electron chi connectivity index (χ0n) is 5.50. The van der Waals surface area contributed by atoms with Gasteiger partial charge in [-0.05, 0) is 12.1 Å². The third-order valence-electron chi connectivity index (χ3n) is 1.18. The third kappa shape index (κ3) is 1.67. The number of rotatable bonds is 2. The fourth-order valence-corrected chi connectivity index (χ4v) is 0.931. The lowest BCUT2D eigenvalue weighted by atomic mass is 10.3. The first-order valence-corrected chi connectivity index (χ1v) is 3.93. The normalized spacial score (nSPS) is 12.5. The van der Waals surface area contributed by atoms with Crippen LogP contribution in [0.4, 0.5) is 0 Å². The average molecular weight is 198 g/mol. The topological polar surface area (TPSA) is 12.9 Å². The summed E-state index contributed by atoms with van der Waals surface area (Å²) in [7, 11) is 0. The number of pyridine rings is 1. The zero-order valence-corrected chi connectivity index (χ0v) is 7.08. The molecule has 1 aromatic rings. The molecule has 1 unspecified atom stereocenters. The zero-order chi connectivity index (χ0) is 7.40. The Morgan fingerprint density at radius 1 is 1.60 bits per heavy atom. The lowest BCUT2D eigenvalue weighted by Gasteiger charge is -2.00. The standard InChI is InChI=1S/C8H8BrN/c1-2-7(9)8-5-3-4-6-10-8/h2-7H,1H2. The Labute approximate surface area is 68.9 Å². The van der Waals surface area contributed by atoms with Crippen LogP contribution in [0.25, 0.3) is 0 Å². The summed E-state index contributed by atoms with van der Waals surface area (Å²) in [5, 5.41) is 0. The molecule has 0 amide bonds. The second kappa shape index (κ2) is 3.52. The lowest BCUT2D eigenvalue weighted by Crippen LogP contribution is -1.87. The van der Waals surface area contributed by atoms with Gasteiger partial charge in [-0.1, -0.05) is 28.1 Å². The van der Waals surface area contributed by atoms with Crippen molar-refractivity contribution in [3.63, 3.8) is 0 Å². The van der Waals surface area contributed by atoms with Gasteiger partial charge in [-0.2, -0.15) is 0 Å². The van der Waals surface area contributed by atoms with Gasteiger partial charge in [-0.3, -0.25) is 4.98 Å². The van der Waals surface area contributed by atoms with Crippen LogP contribution < -0.4 is 0 Å². The van der Waals surface area contributed by atoms with E-state index in [0.717, 1.165) is 5.69 Å². The third-order valence-corrected chi connectivity index (χ3v) is 2.02. The van der Waals surface area contributed by atoms with E-state index in [1.165, 1.54) is 0 Å². The lowest BCUT2D eigenvalue weighted by molar-refractivity contribution is 1.10. The maximum Gasteiger partial charge on any atom is 0.0745 e. The second-order valence-corrected chi connectivity index (χ2v) is 2.88. The fraction of sp³-hybridized carbons (Fsp3) is 0.125. The van der Waals surface area contributed by atoms with Crippen LogP contribution in [0.3, 0.4) is 0 Å². The molecule has 0 aromatic carbocycles. The van der Waals surface area contributed by atoms with E-state index in [-0.39, 0.29) is 4.83 Å². The molecule has 0 bridgehead atoms. The maximum atomic E-state index is 4.13. The quantitative estimate of drug-likeness (QED) is 0.525. The van der Waals surface area contributed by atoms with E-state index >= 15 is 0 Å². The average Bonchev–Trinajstić information content (AvgIpc) is 2.05. The van der Waals surface area contributed by atoms with Crippen molar-refractivity contribution in [3.8, 4) is 0 Å². The van der Waals surface area contributed by atoms with Gasteiger partial charge in [0, 0.05) is 6.20 Å². The largest absolute Gasteiger partial charge is 0.260 e. The van der Waals surface area contributed by atoms with Crippen molar-refractivity contribution in [1.82, 2.24) is 4.98 Å². The van der Waals surface area contributed by atoms with Gasteiger partial charge in [0.05, 0.1) is 10.5 Å². The molecule has 1 nitrogen and oxygen atoms in total. The van der Waals surface area contributed by atoms with Crippen molar-refractivity contribution in [2.24, 2.45) is 0 Å². The number of hydrogen-bond acceptors (Lipinski definition) is 1. The molecule has 0 aliphatic rings. The van der Waals surface area contributed by atoms with E-state index in [1.54, 1.807) is 6.20 Å². The number of alkyl halides is 1. The first-order valence-electron chi connectivity index (χ1n) is 3.02. The molecule has 1 atom stereocenters. The van der Waals surface area contributed by atoms with Crippen molar-refractivity contribution >= 4 is 15.9 Å². The van der Waals surface area contributed by atoms with Gasteiger partial charge in [0.25, 0.3) is 0 Å². The summed E-state index contributed by atoms with van der Waals surface area (Å²) in [6, 6.07) is 5.81. The fourth-order valence-electron chi connectivity index (χ4n) is 0.660. The SMILES string of the molecule is C=CC(Br)c1ccccn1. The van der Waals surface area contributed by atoms with Gasteiger partial charge in [0.15, 0.2) is 0 Å². The predicted molar refractivity (Wildman–Crippen MR) is 46.1 cm³/mol. The van der Waals surface area contributed by atoms with Crippen molar-refractivity contribution in [2.75, 3.05) is 0 Å². The Hall–Kier alpha value is -0.630. The summed E-state index contributed by atoms with van der Waals surface area (Å²) in [5.74, 6) is 0. The molecule has 1 aromatic heterocycles. The summed E-state index contributed by atoms with van der Waals surface area (Å²) in [4.78, 5) is 4.31. The summed E-state index contributed by atoms with van der Waals surface area (Å²) < 4.78 is 0. The molecule has 0 saturated carbocycles. The molecule has 1 rings (SSSR count). The van der Waals surface area contributed by atoms with Crippen molar-refractivity contribution < 1.29 is 0 Å². The molecule has 0 saturated heterocycles. The summed E-state index contributed by atoms with van der Waals surface area (Å²) in [6.07, 6.45) is 3.58. The van der Waals surface area contributed by atoms with Crippen molar-refractivity contribution in [3.05, 3.63) is 42.7 Å². The van der Waals surface area contributed by atoms with Crippen LogP contribution in [0.2, 0.25) is 0 Å². The molecule has 10 heavy (non-hydrogen) atoms. The highest BCUT2D eigenvalue weighted by atomic mass is 79.9. The van der Waals surface area contributed by atoms with Crippen LogP contribution in [-0.4, -0.2) is 4.98 Å². The minimum Gasteiger partial charge on any atom is -0.260 e. The van der Waals surface area contributed by atoms with Crippen LogP contribution in [0, 0.1) is 0 Å². The van der Waals surface area contributed by atoms with Crippen LogP contribution in [0.15, 0.2) is 37.1 Å². The Morgan fingerprint density at radius 2 is 2.40 bits per heavy atom. The number of nitrogens with zero attached hydrogens (tertiary/aromatic N) is 1. The van der Waals surface area contributed by atoms with Gasteiger partial charge in [0.2, 0.25) is 0 Å². The highest BCUT2D eigenvalue weighted by Crippen LogP contribution is 2.20. The minimum atomic E-state index is 0.175. The maximum absolute atomic E-state index is 4.13. The van der Waals surface area contributed by atoms with E-state index in [9.17, 15) is 0 Å². The Bertz CT molecular complexity index is 208. The van der Waals surface area contributed by atoms with E-state index in [0.29, 0.717) is 0 Å². The van der Waals surface area contributed by atoms with Gasteiger partial charge in [0.1, 0.15) is 0 Å². The molecule has 0 radical (unpaired) electrons. The van der Waals surface area contributed by atoms with Crippen LogP contribution in [0.5, 0.6) is 0 Å². The first-order chi connectivity index (χ1) is 4.84.